The van der Waals surface area contributed by atoms with Gasteiger partial charge in [0, 0.05) is 10.9 Å². The number of amides is 1. The Labute approximate surface area is 209 Å². The van der Waals surface area contributed by atoms with Gasteiger partial charge in [-0.05, 0) is 49.6 Å². The summed E-state index contributed by atoms with van der Waals surface area (Å²) < 4.78 is 10.9. The maximum absolute atomic E-state index is 12.7. The average molecular weight is 486 g/mol. The van der Waals surface area contributed by atoms with Gasteiger partial charge in [-0.15, -0.1) is 11.3 Å². The smallest absolute Gasteiger partial charge is 0.341 e. The highest BCUT2D eigenvalue weighted by atomic mass is 32.1. The van der Waals surface area contributed by atoms with Gasteiger partial charge in [0.1, 0.15) is 16.3 Å². The van der Waals surface area contributed by atoms with E-state index in [1.165, 1.54) is 16.9 Å². The molecule has 0 aliphatic carbocycles. The van der Waals surface area contributed by atoms with Gasteiger partial charge in [-0.3, -0.25) is 4.79 Å². The minimum Gasteiger partial charge on any atom is -0.484 e. The summed E-state index contributed by atoms with van der Waals surface area (Å²) in [5.74, 6) is -0.226. The van der Waals surface area contributed by atoms with Crippen LogP contribution in [0.25, 0.3) is 22.3 Å². The highest BCUT2D eigenvalue weighted by Crippen LogP contribution is 2.36. The summed E-state index contributed by atoms with van der Waals surface area (Å²) in [6, 6.07) is 23.8. The van der Waals surface area contributed by atoms with Gasteiger partial charge in [-0.25, -0.2) is 4.79 Å². The van der Waals surface area contributed by atoms with Crippen LogP contribution in [-0.2, 0) is 9.53 Å². The van der Waals surface area contributed by atoms with Gasteiger partial charge < -0.3 is 14.8 Å². The molecule has 0 saturated carbocycles. The number of hydrogen-bond acceptors (Lipinski definition) is 5. The highest BCUT2D eigenvalue weighted by molar-refractivity contribution is 7.15. The zero-order chi connectivity index (χ0) is 24.8. The number of ether oxygens (including phenoxy) is 2. The molecule has 3 aromatic carbocycles. The second kappa shape index (κ2) is 11.0. The summed E-state index contributed by atoms with van der Waals surface area (Å²) in [6.45, 7) is 5.89. The van der Waals surface area contributed by atoms with E-state index >= 15 is 0 Å². The van der Waals surface area contributed by atoms with Crippen LogP contribution in [0.5, 0.6) is 5.75 Å². The van der Waals surface area contributed by atoms with E-state index in [1.54, 1.807) is 6.92 Å². The molecule has 0 unspecified atom stereocenters. The lowest BCUT2D eigenvalue weighted by Crippen LogP contribution is -2.21. The van der Waals surface area contributed by atoms with Gasteiger partial charge in [0.2, 0.25) is 0 Å². The van der Waals surface area contributed by atoms with Crippen LogP contribution in [0.1, 0.15) is 28.4 Å². The van der Waals surface area contributed by atoms with Gasteiger partial charge in [-0.1, -0.05) is 71.8 Å². The number of hydrogen-bond donors (Lipinski definition) is 1. The number of aryl methyl sites for hydroxylation is 2. The van der Waals surface area contributed by atoms with Gasteiger partial charge in [-0.2, -0.15) is 0 Å². The van der Waals surface area contributed by atoms with Crippen LogP contribution in [0.2, 0.25) is 0 Å². The number of thiophene rings is 1. The van der Waals surface area contributed by atoms with E-state index in [4.69, 9.17) is 9.47 Å². The number of carbonyl (C=O) groups excluding carboxylic acids is 2. The Balaban J connectivity index is 1.44. The van der Waals surface area contributed by atoms with Crippen LogP contribution < -0.4 is 10.1 Å². The summed E-state index contributed by atoms with van der Waals surface area (Å²) in [7, 11) is 0. The molecule has 1 amide bonds. The first kappa shape index (κ1) is 24.2. The number of esters is 1. The van der Waals surface area contributed by atoms with Crippen molar-refractivity contribution < 1.29 is 19.1 Å². The minimum atomic E-state index is -0.466. The molecule has 35 heavy (non-hydrogen) atoms. The molecule has 0 radical (unpaired) electrons. The van der Waals surface area contributed by atoms with Gasteiger partial charge in [0.05, 0.1) is 6.61 Å². The monoisotopic (exact) mass is 485 g/mol. The third-order valence-electron chi connectivity index (χ3n) is 5.50. The van der Waals surface area contributed by atoms with Crippen LogP contribution in [0.4, 0.5) is 5.00 Å². The van der Waals surface area contributed by atoms with Crippen molar-refractivity contribution >= 4 is 28.2 Å². The minimum absolute atomic E-state index is 0.177. The summed E-state index contributed by atoms with van der Waals surface area (Å²) in [4.78, 5) is 25.4. The number of benzene rings is 3. The van der Waals surface area contributed by atoms with Crippen molar-refractivity contribution in [3.8, 4) is 28.0 Å². The van der Waals surface area contributed by atoms with Crippen molar-refractivity contribution in [3.05, 3.63) is 94.9 Å². The number of anilines is 1. The summed E-state index contributed by atoms with van der Waals surface area (Å²) in [5, 5.41) is 5.12. The van der Waals surface area contributed by atoms with E-state index in [0.717, 1.165) is 27.8 Å². The summed E-state index contributed by atoms with van der Waals surface area (Å²) in [6.07, 6.45) is 0. The lowest BCUT2D eigenvalue weighted by molar-refractivity contribution is -0.118. The standard InChI is InChI=1S/C29H27NO4S/c1-4-33-29(32)27-25(23-11-7-20(3)8-12-23)18-35-28(27)30-26(31)17-34-24-15-13-22(14-16-24)21-9-5-19(2)6-10-21/h5-16,18H,4,17H2,1-3H3,(H,30,31). The van der Waals surface area contributed by atoms with Crippen LogP contribution >= 0.6 is 11.3 Å². The number of rotatable bonds is 8. The Morgan fingerprint density at radius 2 is 1.34 bits per heavy atom. The normalized spacial score (nSPS) is 10.6. The fourth-order valence-corrected chi connectivity index (χ4v) is 4.58. The lowest BCUT2D eigenvalue weighted by Gasteiger charge is -2.10. The quantitative estimate of drug-likeness (QED) is 0.276. The first-order chi connectivity index (χ1) is 16.9. The Hall–Kier alpha value is -3.90. The molecule has 0 aliphatic rings. The van der Waals surface area contributed by atoms with E-state index < -0.39 is 5.97 Å². The predicted molar refractivity (Wildman–Crippen MR) is 141 cm³/mol. The maximum Gasteiger partial charge on any atom is 0.341 e. The molecule has 1 N–H and O–H groups in total. The fraction of sp³-hybridized carbons (Fsp3) is 0.172. The molecule has 0 atom stereocenters. The van der Waals surface area contributed by atoms with Crippen molar-refractivity contribution in [3.63, 3.8) is 0 Å². The highest BCUT2D eigenvalue weighted by Gasteiger charge is 2.23. The largest absolute Gasteiger partial charge is 0.484 e. The van der Waals surface area contributed by atoms with Crippen molar-refractivity contribution in [2.75, 3.05) is 18.5 Å². The molecule has 0 bridgehead atoms. The van der Waals surface area contributed by atoms with Crippen LogP contribution in [0.3, 0.4) is 0 Å². The van der Waals surface area contributed by atoms with E-state index in [-0.39, 0.29) is 19.1 Å². The van der Waals surface area contributed by atoms with Crippen molar-refractivity contribution in [1.29, 1.82) is 0 Å². The Morgan fingerprint density at radius 3 is 1.91 bits per heavy atom. The maximum atomic E-state index is 12.7. The van der Waals surface area contributed by atoms with Crippen LogP contribution in [-0.4, -0.2) is 25.1 Å². The Morgan fingerprint density at radius 1 is 0.800 bits per heavy atom. The van der Waals surface area contributed by atoms with Crippen molar-refractivity contribution in [1.82, 2.24) is 0 Å². The first-order valence-corrected chi connectivity index (χ1v) is 12.3. The molecule has 6 heteroatoms. The molecule has 0 fully saturated rings. The van der Waals surface area contributed by atoms with E-state index in [9.17, 15) is 9.59 Å². The number of nitrogens with one attached hydrogen (secondary N) is 1. The van der Waals surface area contributed by atoms with E-state index in [1.807, 2.05) is 60.8 Å². The second-order valence-electron chi connectivity index (χ2n) is 8.17. The molecule has 1 aromatic heterocycles. The third-order valence-corrected chi connectivity index (χ3v) is 6.39. The molecule has 1 heterocycles. The zero-order valence-electron chi connectivity index (χ0n) is 20.0. The topological polar surface area (TPSA) is 64.6 Å². The third kappa shape index (κ3) is 5.97. The SMILES string of the molecule is CCOC(=O)c1c(-c2ccc(C)cc2)csc1NC(=O)COc1ccc(-c2ccc(C)cc2)cc1. The van der Waals surface area contributed by atoms with Crippen LogP contribution in [0, 0.1) is 13.8 Å². The lowest BCUT2D eigenvalue weighted by atomic mass is 10.0. The molecule has 5 nitrogen and oxygen atoms in total. The molecular formula is C29H27NO4S. The first-order valence-electron chi connectivity index (χ1n) is 11.4. The van der Waals surface area contributed by atoms with E-state index in [2.05, 4.69) is 36.5 Å². The zero-order valence-corrected chi connectivity index (χ0v) is 20.8. The van der Waals surface area contributed by atoms with Crippen molar-refractivity contribution in [2.24, 2.45) is 0 Å². The average Bonchev–Trinajstić information content (AvgIpc) is 3.27. The Bertz CT molecular complexity index is 1310. The number of carbonyl (C=O) groups is 2. The molecular weight excluding hydrogens is 458 g/mol. The van der Waals surface area contributed by atoms with Crippen LogP contribution in [0.15, 0.2) is 78.2 Å². The molecule has 0 aliphatic heterocycles. The predicted octanol–water partition coefficient (Wildman–Crippen LogP) is 6.89. The molecule has 4 rings (SSSR count). The summed E-state index contributed by atoms with van der Waals surface area (Å²) >= 11 is 1.29. The molecule has 0 saturated heterocycles. The van der Waals surface area contributed by atoms with Gasteiger partial charge in [0.25, 0.3) is 5.91 Å². The fourth-order valence-electron chi connectivity index (χ4n) is 3.60. The molecule has 178 valence electrons. The van der Waals surface area contributed by atoms with Gasteiger partial charge >= 0.3 is 5.97 Å². The molecule has 4 aromatic rings. The second-order valence-corrected chi connectivity index (χ2v) is 9.05. The molecule has 0 spiro atoms. The Kier molecular flexibility index (Phi) is 7.63. The van der Waals surface area contributed by atoms with E-state index in [0.29, 0.717) is 16.3 Å². The van der Waals surface area contributed by atoms with Crippen molar-refractivity contribution in [2.45, 2.75) is 20.8 Å². The van der Waals surface area contributed by atoms with Gasteiger partial charge in [0.15, 0.2) is 6.61 Å². The summed E-state index contributed by atoms with van der Waals surface area (Å²) in [5.41, 5.74) is 6.51.